The van der Waals surface area contributed by atoms with Crippen molar-refractivity contribution in [2.45, 2.75) is 71.8 Å². The number of esters is 1. The summed E-state index contributed by atoms with van der Waals surface area (Å²) in [7, 11) is 0. The number of amides is 1. The molecule has 140 valence electrons. The zero-order valence-electron chi connectivity index (χ0n) is 15.6. The van der Waals surface area contributed by atoms with Gasteiger partial charge in [-0.3, -0.25) is 4.79 Å². The van der Waals surface area contributed by atoms with Gasteiger partial charge in [0.25, 0.3) is 0 Å². The van der Waals surface area contributed by atoms with Crippen LogP contribution in [0.15, 0.2) is 16.8 Å². The Labute approximate surface area is 148 Å². The maximum Gasteiger partial charge on any atom is 0.334 e. The summed E-state index contributed by atoms with van der Waals surface area (Å²) in [4.78, 5) is 26.8. The Morgan fingerprint density at radius 2 is 2.00 bits per heavy atom. The summed E-state index contributed by atoms with van der Waals surface area (Å²) in [5.41, 5.74) is 9.36. The molecule has 1 N–H and O–H groups in total. The molecule has 1 aliphatic carbocycles. The van der Waals surface area contributed by atoms with Gasteiger partial charge in [-0.15, -0.1) is 0 Å². The Balaban J connectivity index is 3.31. The third-order valence-corrected chi connectivity index (χ3v) is 4.39. The SMILES string of the molecule is CCOC(=O)C1=C[C@@H](OC(CC)CC)[C@H](NC(C)=O)[C@H](N=[N+]=[N-])[C@@H]1C. The molecule has 0 aromatic heterocycles. The van der Waals surface area contributed by atoms with E-state index >= 15 is 0 Å². The van der Waals surface area contributed by atoms with Gasteiger partial charge in [0.1, 0.15) is 0 Å². The summed E-state index contributed by atoms with van der Waals surface area (Å²) >= 11 is 0. The predicted molar refractivity (Wildman–Crippen MR) is 93.7 cm³/mol. The summed E-state index contributed by atoms with van der Waals surface area (Å²) in [6, 6.07) is -1.18. The molecule has 0 bridgehead atoms. The molecule has 0 radical (unpaired) electrons. The van der Waals surface area contributed by atoms with Crippen LogP contribution in [0.4, 0.5) is 0 Å². The lowest BCUT2D eigenvalue weighted by atomic mass is 9.80. The molecule has 4 atom stereocenters. The average molecular weight is 352 g/mol. The van der Waals surface area contributed by atoms with Crippen LogP contribution in [0.3, 0.4) is 0 Å². The number of carbonyl (C=O) groups is 2. The number of nitrogens with one attached hydrogen (secondary N) is 1. The first kappa shape index (κ1) is 21.0. The molecule has 0 fully saturated rings. The summed E-state index contributed by atoms with van der Waals surface area (Å²) in [6.07, 6.45) is 2.69. The Bertz CT molecular complexity index is 553. The van der Waals surface area contributed by atoms with E-state index in [0.717, 1.165) is 12.8 Å². The minimum atomic E-state index is -0.641. The lowest BCUT2D eigenvalue weighted by Crippen LogP contribution is -2.55. The van der Waals surface area contributed by atoms with Crippen LogP contribution in [0.5, 0.6) is 0 Å². The highest BCUT2D eigenvalue weighted by Crippen LogP contribution is 2.31. The lowest BCUT2D eigenvalue weighted by molar-refractivity contribution is -0.139. The summed E-state index contributed by atoms with van der Waals surface area (Å²) < 4.78 is 11.2. The van der Waals surface area contributed by atoms with Crippen molar-refractivity contribution in [3.8, 4) is 0 Å². The van der Waals surface area contributed by atoms with E-state index in [4.69, 9.17) is 15.0 Å². The zero-order chi connectivity index (χ0) is 19.0. The zero-order valence-corrected chi connectivity index (χ0v) is 15.6. The van der Waals surface area contributed by atoms with Crippen molar-refractivity contribution in [2.75, 3.05) is 6.61 Å². The fraction of sp³-hybridized carbons (Fsp3) is 0.765. The number of ether oxygens (including phenoxy) is 2. The van der Waals surface area contributed by atoms with Gasteiger partial charge >= 0.3 is 5.97 Å². The smallest absolute Gasteiger partial charge is 0.334 e. The summed E-state index contributed by atoms with van der Waals surface area (Å²) in [5, 5.41) is 6.65. The minimum Gasteiger partial charge on any atom is -0.463 e. The molecule has 0 saturated carbocycles. The first-order chi connectivity index (χ1) is 11.9. The molecular formula is C17H28N4O4. The van der Waals surface area contributed by atoms with Crippen molar-refractivity contribution in [3.63, 3.8) is 0 Å². The van der Waals surface area contributed by atoms with Crippen LogP contribution in [0.1, 0.15) is 47.5 Å². The van der Waals surface area contributed by atoms with Crippen LogP contribution in [-0.2, 0) is 19.1 Å². The normalized spacial score (nSPS) is 25.8. The van der Waals surface area contributed by atoms with Gasteiger partial charge in [-0.05, 0) is 37.3 Å². The van der Waals surface area contributed by atoms with Crippen LogP contribution in [0, 0.1) is 5.92 Å². The van der Waals surface area contributed by atoms with Crippen LogP contribution < -0.4 is 5.32 Å². The maximum absolute atomic E-state index is 12.3. The van der Waals surface area contributed by atoms with Crippen molar-refractivity contribution in [1.29, 1.82) is 0 Å². The van der Waals surface area contributed by atoms with Crippen LogP contribution >= 0.6 is 0 Å². The van der Waals surface area contributed by atoms with Crippen molar-refractivity contribution < 1.29 is 19.1 Å². The van der Waals surface area contributed by atoms with Gasteiger partial charge in [0.15, 0.2) is 0 Å². The van der Waals surface area contributed by atoms with E-state index in [1.165, 1.54) is 6.92 Å². The molecule has 0 aromatic carbocycles. The van der Waals surface area contributed by atoms with Gasteiger partial charge < -0.3 is 14.8 Å². The number of carbonyl (C=O) groups excluding carboxylic acids is 2. The van der Waals surface area contributed by atoms with E-state index in [0.29, 0.717) is 5.57 Å². The molecule has 1 amide bonds. The quantitative estimate of drug-likeness (QED) is 0.313. The second-order valence-electron chi connectivity index (χ2n) is 6.09. The van der Waals surface area contributed by atoms with Crippen LogP contribution in [0.25, 0.3) is 10.4 Å². The highest BCUT2D eigenvalue weighted by Gasteiger charge is 2.41. The van der Waals surface area contributed by atoms with E-state index in [9.17, 15) is 9.59 Å². The van der Waals surface area contributed by atoms with Crippen molar-refractivity contribution in [2.24, 2.45) is 11.0 Å². The van der Waals surface area contributed by atoms with Gasteiger partial charge in [0.05, 0.1) is 30.9 Å². The van der Waals surface area contributed by atoms with E-state index in [1.54, 1.807) is 19.9 Å². The first-order valence-corrected chi connectivity index (χ1v) is 8.75. The Morgan fingerprint density at radius 1 is 1.36 bits per heavy atom. The van der Waals surface area contributed by atoms with Crippen molar-refractivity contribution in [1.82, 2.24) is 5.32 Å². The molecule has 25 heavy (non-hydrogen) atoms. The number of hydrogen-bond donors (Lipinski definition) is 1. The van der Waals surface area contributed by atoms with Gasteiger partial charge in [-0.2, -0.15) is 0 Å². The Hall–Kier alpha value is -2.05. The second kappa shape index (κ2) is 10.1. The van der Waals surface area contributed by atoms with Crippen LogP contribution in [-0.4, -0.2) is 42.8 Å². The van der Waals surface area contributed by atoms with Crippen LogP contribution in [0.2, 0.25) is 0 Å². The van der Waals surface area contributed by atoms with Gasteiger partial charge in [0.2, 0.25) is 5.91 Å². The molecule has 8 heteroatoms. The molecule has 0 unspecified atom stereocenters. The van der Waals surface area contributed by atoms with E-state index in [2.05, 4.69) is 15.3 Å². The third kappa shape index (κ3) is 5.47. The van der Waals surface area contributed by atoms with Gasteiger partial charge in [-0.25, -0.2) is 4.79 Å². The highest BCUT2D eigenvalue weighted by atomic mass is 16.5. The summed E-state index contributed by atoms with van der Waals surface area (Å²) in [5.74, 6) is -1.10. The molecule has 0 heterocycles. The predicted octanol–water partition coefficient (Wildman–Crippen LogP) is 2.88. The Kier molecular flexibility index (Phi) is 8.45. The molecule has 0 saturated heterocycles. The standard InChI is InChI=1S/C17H28N4O4/c1-6-12(7-2)25-14-9-13(17(23)24-8-3)10(4)15(20-21-18)16(14)19-11(5)22/h9-10,12,14-16H,6-8H2,1-5H3,(H,19,22)/t10-,14-,15-,16+/m1/s1. The van der Waals surface area contributed by atoms with Gasteiger partial charge in [-0.1, -0.05) is 25.9 Å². The van der Waals surface area contributed by atoms with Gasteiger partial charge in [0, 0.05) is 17.4 Å². The largest absolute Gasteiger partial charge is 0.463 e. The molecular weight excluding hydrogens is 324 g/mol. The number of rotatable bonds is 8. The topological polar surface area (TPSA) is 113 Å². The second-order valence-corrected chi connectivity index (χ2v) is 6.09. The monoisotopic (exact) mass is 352 g/mol. The number of azide groups is 1. The summed E-state index contributed by atoms with van der Waals surface area (Å²) in [6.45, 7) is 9.18. The average Bonchev–Trinajstić information content (AvgIpc) is 2.57. The maximum atomic E-state index is 12.3. The molecule has 0 aromatic rings. The molecule has 0 spiro atoms. The fourth-order valence-corrected chi connectivity index (χ4v) is 3.05. The van der Waals surface area contributed by atoms with Crippen molar-refractivity contribution >= 4 is 11.9 Å². The molecule has 8 nitrogen and oxygen atoms in total. The number of hydrogen-bond acceptors (Lipinski definition) is 5. The fourth-order valence-electron chi connectivity index (χ4n) is 3.05. The van der Waals surface area contributed by atoms with Crippen molar-refractivity contribution in [3.05, 3.63) is 22.1 Å². The molecule has 0 aliphatic heterocycles. The van der Waals surface area contributed by atoms with E-state index in [-0.39, 0.29) is 18.6 Å². The van der Waals surface area contributed by atoms with E-state index in [1.807, 2.05) is 13.8 Å². The molecule has 1 rings (SSSR count). The first-order valence-electron chi connectivity index (χ1n) is 8.75. The highest BCUT2D eigenvalue weighted by molar-refractivity contribution is 5.89. The number of nitrogens with zero attached hydrogens (tertiary/aromatic N) is 3. The van der Waals surface area contributed by atoms with E-state index < -0.39 is 30.1 Å². The Morgan fingerprint density at radius 3 is 2.48 bits per heavy atom. The lowest BCUT2D eigenvalue weighted by Gasteiger charge is -2.39. The third-order valence-electron chi connectivity index (χ3n) is 4.39. The minimum absolute atomic E-state index is 0.0268. The molecule has 1 aliphatic rings.